The maximum Gasteiger partial charge on any atom is 0.335 e. The summed E-state index contributed by atoms with van der Waals surface area (Å²) in [5, 5.41) is 8.82. The molecule has 0 amide bonds. The van der Waals surface area contributed by atoms with Crippen molar-refractivity contribution in [3.05, 3.63) is 77.4 Å². The highest BCUT2D eigenvalue weighted by Gasteiger charge is 2.00. The molecule has 0 radical (unpaired) electrons. The van der Waals surface area contributed by atoms with Gasteiger partial charge in [-0.1, -0.05) is 36.4 Å². The standard InChI is InChI=1S/C19H16O4/c1-23-18-4-2-3-15(13-18)8-12-17(20)11-7-14-5-9-16(10-6-14)19(21)22/h2-13H,1H3,(H,21,22)/b11-7?,12-8+. The van der Waals surface area contributed by atoms with Crippen molar-refractivity contribution in [1.29, 1.82) is 0 Å². The summed E-state index contributed by atoms with van der Waals surface area (Å²) in [4.78, 5) is 22.6. The summed E-state index contributed by atoms with van der Waals surface area (Å²) < 4.78 is 5.12. The Kier molecular flexibility index (Phi) is 5.47. The van der Waals surface area contributed by atoms with Crippen LogP contribution in [0.3, 0.4) is 0 Å². The third-order valence-electron chi connectivity index (χ3n) is 3.13. The Morgan fingerprint density at radius 3 is 2.22 bits per heavy atom. The lowest BCUT2D eigenvalue weighted by Gasteiger charge is -1.99. The molecular formula is C19H16O4. The number of benzene rings is 2. The second-order valence-electron chi connectivity index (χ2n) is 4.77. The van der Waals surface area contributed by atoms with Crippen molar-refractivity contribution in [2.24, 2.45) is 0 Å². The summed E-state index contributed by atoms with van der Waals surface area (Å²) >= 11 is 0. The first-order valence-corrected chi connectivity index (χ1v) is 6.96. The van der Waals surface area contributed by atoms with Crippen LogP contribution >= 0.6 is 0 Å². The second kappa shape index (κ2) is 7.75. The van der Waals surface area contributed by atoms with E-state index in [9.17, 15) is 9.59 Å². The maximum atomic E-state index is 11.8. The average molecular weight is 308 g/mol. The molecule has 0 bridgehead atoms. The molecule has 0 saturated carbocycles. The van der Waals surface area contributed by atoms with Gasteiger partial charge in [0.15, 0.2) is 5.78 Å². The number of carbonyl (C=O) groups excluding carboxylic acids is 1. The highest BCUT2D eigenvalue weighted by atomic mass is 16.5. The number of carboxylic acid groups (broad SMARTS) is 1. The molecule has 4 nitrogen and oxygen atoms in total. The molecule has 0 spiro atoms. The van der Waals surface area contributed by atoms with Gasteiger partial charge in [0.05, 0.1) is 12.7 Å². The van der Waals surface area contributed by atoms with Gasteiger partial charge >= 0.3 is 5.97 Å². The van der Waals surface area contributed by atoms with Crippen molar-refractivity contribution < 1.29 is 19.4 Å². The average Bonchev–Trinajstić information content (AvgIpc) is 2.58. The van der Waals surface area contributed by atoms with E-state index >= 15 is 0 Å². The fraction of sp³-hybridized carbons (Fsp3) is 0.0526. The first kappa shape index (κ1) is 16.2. The number of carboxylic acids is 1. The number of carbonyl (C=O) groups is 2. The molecule has 0 aliphatic heterocycles. The van der Waals surface area contributed by atoms with E-state index in [2.05, 4.69) is 0 Å². The first-order chi connectivity index (χ1) is 11.1. The van der Waals surface area contributed by atoms with Gasteiger partial charge in [-0.25, -0.2) is 4.79 Å². The molecule has 0 fully saturated rings. The van der Waals surface area contributed by atoms with E-state index in [-0.39, 0.29) is 11.3 Å². The third-order valence-corrected chi connectivity index (χ3v) is 3.13. The van der Waals surface area contributed by atoms with Gasteiger partial charge in [0.1, 0.15) is 5.75 Å². The van der Waals surface area contributed by atoms with Crippen LogP contribution in [-0.4, -0.2) is 24.0 Å². The van der Waals surface area contributed by atoms with Crippen molar-refractivity contribution in [3.8, 4) is 5.75 Å². The molecule has 0 aliphatic rings. The van der Waals surface area contributed by atoms with Crippen molar-refractivity contribution in [2.75, 3.05) is 7.11 Å². The van der Waals surface area contributed by atoms with Crippen LogP contribution in [0.15, 0.2) is 60.7 Å². The van der Waals surface area contributed by atoms with Crippen molar-refractivity contribution >= 4 is 23.9 Å². The van der Waals surface area contributed by atoms with Crippen molar-refractivity contribution in [2.45, 2.75) is 0 Å². The topological polar surface area (TPSA) is 63.6 Å². The number of methoxy groups -OCH3 is 1. The Morgan fingerprint density at radius 2 is 1.61 bits per heavy atom. The van der Waals surface area contributed by atoms with Crippen LogP contribution in [0.4, 0.5) is 0 Å². The minimum atomic E-state index is -0.974. The van der Waals surface area contributed by atoms with Gasteiger partial charge in [0.2, 0.25) is 0 Å². The second-order valence-corrected chi connectivity index (χ2v) is 4.77. The first-order valence-electron chi connectivity index (χ1n) is 6.96. The van der Waals surface area contributed by atoms with E-state index in [0.29, 0.717) is 0 Å². The summed E-state index contributed by atoms with van der Waals surface area (Å²) in [6.45, 7) is 0. The molecule has 116 valence electrons. The monoisotopic (exact) mass is 308 g/mol. The third kappa shape index (κ3) is 4.97. The molecule has 0 saturated heterocycles. The lowest BCUT2D eigenvalue weighted by Crippen LogP contribution is -1.94. The van der Waals surface area contributed by atoms with Crippen molar-refractivity contribution in [1.82, 2.24) is 0 Å². The highest BCUT2D eigenvalue weighted by Crippen LogP contribution is 2.13. The van der Waals surface area contributed by atoms with Crippen molar-refractivity contribution in [3.63, 3.8) is 0 Å². The molecule has 2 aromatic rings. The Morgan fingerprint density at radius 1 is 0.957 bits per heavy atom. The van der Waals surface area contributed by atoms with E-state index in [1.165, 1.54) is 24.3 Å². The van der Waals surface area contributed by atoms with Gasteiger partial charge in [-0.3, -0.25) is 4.79 Å². The molecule has 0 unspecified atom stereocenters. The summed E-state index contributed by atoms with van der Waals surface area (Å²) in [7, 11) is 1.59. The van der Waals surface area contributed by atoms with Crippen LogP contribution in [0.25, 0.3) is 12.2 Å². The molecule has 0 heterocycles. The van der Waals surface area contributed by atoms with Gasteiger partial charge in [-0.2, -0.15) is 0 Å². The zero-order valence-corrected chi connectivity index (χ0v) is 12.6. The highest BCUT2D eigenvalue weighted by molar-refractivity contribution is 6.04. The molecule has 0 aliphatic carbocycles. The van der Waals surface area contributed by atoms with Crippen LogP contribution in [0.2, 0.25) is 0 Å². The molecule has 0 aromatic heterocycles. The number of aromatic carboxylic acids is 1. The Hall–Kier alpha value is -3.14. The summed E-state index contributed by atoms with van der Waals surface area (Å²) in [6, 6.07) is 13.7. The summed E-state index contributed by atoms with van der Waals surface area (Å²) in [6.07, 6.45) is 6.26. The van der Waals surface area contributed by atoms with Gasteiger partial charge in [-0.15, -0.1) is 0 Å². The summed E-state index contributed by atoms with van der Waals surface area (Å²) in [5.74, 6) is -0.401. The van der Waals surface area contributed by atoms with Gasteiger partial charge in [0, 0.05) is 0 Å². The van der Waals surface area contributed by atoms with E-state index in [1.54, 1.807) is 31.4 Å². The fourth-order valence-corrected chi connectivity index (χ4v) is 1.89. The van der Waals surface area contributed by atoms with Gasteiger partial charge in [0.25, 0.3) is 0 Å². The lowest BCUT2D eigenvalue weighted by molar-refractivity contribution is -0.110. The van der Waals surface area contributed by atoms with Gasteiger partial charge < -0.3 is 9.84 Å². The molecule has 1 N–H and O–H groups in total. The molecular weight excluding hydrogens is 292 g/mol. The Bertz CT molecular complexity index is 755. The number of hydrogen-bond acceptors (Lipinski definition) is 3. The van der Waals surface area contributed by atoms with E-state index in [1.807, 2.05) is 24.3 Å². The van der Waals surface area contributed by atoms with Gasteiger partial charge in [-0.05, 0) is 47.5 Å². The molecule has 4 heteroatoms. The molecule has 23 heavy (non-hydrogen) atoms. The Labute approximate surface area is 134 Å². The largest absolute Gasteiger partial charge is 0.497 e. The normalized spacial score (nSPS) is 11.0. The Balaban J connectivity index is 2.00. The molecule has 2 rings (SSSR count). The van der Waals surface area contributed by atoms with E-state index in [4.69, 9.17) is 9.84 Å². The molecule has 0 atom stereocenters. The lowest BCUT2D eigenvalue weighted by atomic mass is 10.1. The smallest absolute Gasteiger partial charge is 0.335 e. The van der Waals surface area contributed by atoms with Crippen LogP contribution < -0.4 is 4.74 Å². The van der Waals surface area contributed by atoms with E-state index < -0.39 is 5.97 Å². The van der Waals surface area contributed by atoms with E-state index in [0.717, 1.165) is 16.9 Å². The zero-order valence-electron chi connectivity index (χ0n) is 12.6. The van der Waals surface area contributed by atoms with Crippen LogP contribution in [0, 0.1) is 0 Å². The fourth-order valence-electron chi connectivity index (χ4n) is 1.89. The van der Waals surface area contributed by atoms with Crippen LogP contribution in [-0.2, 0) is 4.79 Å². The summed E-state index contributed by atoms with van der Waals surface area (Å²) in [5.41, 5.74) is 1.85. The van der Waals surface area contributed by atoms with Crippen LogP contribution in [0.5, 0.6) is 5.75 Å². The number of rotatable bonds is 6. The number of hydrogen-bond donors (Lipinski definition) is 1. The maximum absolute atomic E-state index is 11.8. The quantitative estimate of drug-likeness (QED) is 0.827. The predicted molar refractivity (Wildman–Crippen MR) is 89.5 cm³/mol. The predicted octanol–water partition coefficient (Wildman–Crippen LogP) is 3.69. The zero-order chi connectivity index (χ0) is 16.7. The minimum Gasteiger partial charge on any atom is -0.497 e. The minimum absolute atomic E-state index is 0.157. The molecule has 2 aromatic carbocycles. The SMILES string of the molecule is COc1cccc(/C=C/C(=O)C=Cc2ccc(C(=O)O)cc2)c1. The van der Waals surface area contributed by atoms with Crippen LogP contribution in [0.1, 0.15) is 21.5 Å². The number of ether oxygens (including phenoxy) is 1. The number of allylic oxidation sites excluding steroid dienone is 2. The number of ketones is 1.